The number of nitrogens with one attached hydrogen (secondary N) is 1. The molecular weight excluding hydrogens is 768 g/mol. The van der Waals surface area contributed by atoms with Crippen LogP contribution in [0.15, 0.2) is 48.5 Å². The molecule has 0 unspecified atom stereocenters. The Morgan fingerprint density at radius 1 is 0.865 bits per heavy atom. The van der Waals surface area contributed by atoms with Crippen molar-refractivity contribution in [3.63, 3.8) is 0 Å². The molecule has 10 heteroatoms. The van der Waals surface area contributed by atoms with Gasteiger partial charge in [0.2, 0.25) is 0 Å². The molecule has 0 saturated carbocycles. The lowest BCUT2D eigenvalue weighted by molar-refractivity contribution is -0.154. The van der Waals surface area contributed by atoms with Crippen molar-refractivity contribution in [3.8, 4) is 11.5 Å². The minimum absolute atomic E-state index is 0.114. The number of phenols is 1. The van der Waals surface area contributed by atoms with Crippen LogP contribution in [0.3, 0.4) is 0 Å². The maximum Gasteiger partial charge on any atom is 0.407 e. The number of alkyl carbamates (subject to hydrolysis) is 1. The largest absolute Gasteiger partial charge is 0.508 e. The summed E-state index contributed by atoms with van der Waals surface area (Å²) in [6.45, 7) is 11.9. The number of esters is 1. The molecule has 0 atom stereocenters. The molecule has 208 valence electrons. The van der Waals surface area contributed by atoms with Crippen molar-refractivity contribution >= 4 is 73.2 Å². The van der Waals surface area contributed by atoms with Gasteiger partial charge in [-0.15, -0.1) is 0 Å². The van der Waals surface area contributed by atoms with Crippen LogP contribution in [0, 0.1) is 7.14 Å². The number of aromatic hydroxyl groups is 1. The number of halogens is 3. The van der Waals surface area contributed by atoms with Gasteiger partial charge in [0.15, 0.2) is 0 Å². The van der Waals surface area contributed by atoms with E-state index in [9.17, 15) is 9.59 Å². The second kappa shape index (κ2) is 18.9. The van der Waals surface area contributed by atoms with Gasteiger partial charge in [-0.3, -0.25) is 4.79 Å². The van der Waals surface area contributed by atoms with Gasteiger partial charge in [-0.05, 0) is 142 Å². The van der Waals surface area contributed by atoms with Crippen LogP contribution < -0.4 is 10.1 Å². The fourth-order valence-corrected chi connectivity index (χ4v) is 3.21. The standard InChI is InChI=1S/C13H18INO3.C8H15BrO2.C6H5IO/c1-13(2,3)18-12(16)15-8-9-17-11-6-4-10(14)5-7-11;1-8(2,3)11-7(10)5-4-6-9;7-5-1-3-6(8)4-2-5/h4-7H,8-9H2,1-3H3,(H,15,16);4-6H2,1-3H3;1-4,8H. The zero-order valence-electron chi connectivity index (χ0n) is 22.3. The van der Waals surface area contributed by atoms with E-state index in [1.165, 1.54) is 0 Å². The summed E-state index contributed by atoms with van der Waals surface area (Å²) in [7, 11) is 0. The number of amides is 1. The Kier molecular flexibility index (Phi) is 18.2. The zero-order valence-corrected chi connectivity index (χ0v) is 28.2. The van der Waals surface area contributed by atoms with Gasteiger partial charge in [-0.2, -0.15) is 0 Å². The van der Waals surface area contributed by atoms with Crippen molar-refractivity contribution < 1.29 is 28.9 Å². The van der Waals surface area contributed by atoms with Gasteiger partial charge in [0, 0.05) is 18.9 Å². The molecule has 0 heterocycles. The molecular formula is C27H38BrI2NO6. The van der Waals surface area contributed by atoms with E-state index in [0.29, 0.717) is 25.3 Å². The molecule has 0 spiro atoms. The third-order valence-electron chi connectivity index (χ3n) is 3.61. The summed E-state index contributed by atoms with van der Waals surface area (Å²) < 4.78 is 17.9. The third kappa shape index (κ3) is 23.6. The summed E-state index contributed by atoms with van der Waals surface area (Å²) in [6, 6.07) is 14.8. The second-order valence-electron chi connectivity index (χ2n) is 9.59. The number of ether oxygens (including phenoxy) is 3. The first kappa shape index (κ1) is 35.7. The predicted octanol–water partition coefficient (Wildman–Crippen LogP) is 7.69. The van der Waals surface area contributed by atoms with E-state index in [0.717, 1.165) is 24.6 Å². The maximum absolute atomic E-state index is 11.3. The predicted molar refractivity (Wildman–Crippen MR) is 169 cm³/mol. The van der Waals surface area contributed by atoms with Crippen LogP contribution in [0.1, 0.15) is 54.4 Å². The van der Waals surface area contributed by atoms with E-state index in [-0.39, 0.29) is 11.6 Å². The summed E-state index contributed by atoms with van der Waals surface area (Å²) in [4.78, 5) is 22.3. The molecule has 1 amide bonds. The lowest BCUT2D eigenvalue weighted by Gasteiger charge is -2.19. The van der Waals surface area contributed by atoms with E-state index in [1.54, 1.807) is 12.1 Å². The summed E-state index contributed by atoms with van der Waals surface area (Å²) >= 11 is 7.67. The Morgan fingerprint density at radius 3 is 1.78 bits per heavy atom. The number of carbonyl (C=O) groups is 2. The monoisotopic (exact) mass is 805 g/mol. The molecule has 0 aliphatic heterocycles. The summed E-state index contributed by atoms with van der Waals surface area (Å²) in [5, 5.41) is 12.2. The highest BCUT2D eigenvalue weighted by Gasteiger charge is 2.16. The number of rotatable bonds is 7. The van der Waals surface area contributed by atoms with E-state index >= 15 is 0 Å². The molecule has 37 heavy (non-hydrogen) atoms. The van der Waals surface area contributed by atoms with Gasteiger partial charge < -0.3 is 24.6 Å². The molecule has 0 saturated heterocycles. The smallest absolute Gasteiger partial charge is 0.407 e. The normalized spacial score (nSPS) is 10.6. The average Bonchev–Trinajstić information content (AvgIpc) is 2.77. The SMILES string of the molecule is CC(C)(C)OC(=O)CCCBr.CC(C)(C)OC(=O)NCCOc1ccc(I)cc1.Oc1ccc(I)cc1. The van der Waals surface area contributed by atoms with Crippen LogP contribution in [-0.2, 0) is 14.3 Å². The van der Waals surface area contributed by atoms with Gasteiger partial charge in [0.1, 0.15) is 29.3 Å². The molecule has 2 rings (SSSR count). The van der Waals surface area contributed by atoms with Crippen molar-refractivity contribution in [1.82, 2.24) is 5.32 Å². The van der Waals surface area contributed by atoms with Crippen LogP contribution in [-0.4, -0.2) is 46.9 Å². The first-order valence-corrected chi connectivity index (χ1v) is 15.0. The highest BCUT2D eigenvalue weighted by Crippen LogP contribution is 2.13. The molecule has 0 aliphatic carbocycles. The van der Waals surface area contributed by atoms with Gasteiger partial charge in [-0.25, -0.2) is 4.79 Å². The van der Waals surface area contributed by atoms with E-state index in [4.69, 9.17) is 19.3 Å². The molecule has 0 aliphatic rings. The van der Waals surface area contributed by atoms with Crippen LogP contribution in [0.5, 0.6) is 11.5 Å². The number of carbonyl (C=O) groups excluding carboxylic acids is 2. The zero-order chi connectivity index (χ0) is 28.5. The number of phenolic OH excluding ortho intramolecular Hbond substituents is 1. The van der Waals surface area contributed by atoms with Crippen molar-refractivity contribution in [2.75, 3.05) is 18.5 Å². The molecule has 0 bridgehead atoms. The molecule has 2 aromatic carbocycles. The highest BCUT2D eigenvalue weighted by molar-refractivity contribution is 14.1. The molecule has 0 aromatic heterocycles. The molecule has 0 radical (unpaired) electrons. The van der Waals surface area contributed by atoms with Crippen molar-refractivity contribution in [2.24, 2.45) is 0 Å². The van der Waals surface area contributed by atoms with Crippen LogP contribution in [0.25, 0.3) is 0 Å². The number of benzene rings is 2. The topological polar surface area (TPSA) is 94.1 Å². The third-order valence-corrected chi connectivity index (χ3v) is 5.61. The average molecular weight is 806 g/mol. The Balaban J connectivity index is 0.000000579. The van der Waals surface area contributed by atoms with Gasteiger partial charge >= 0.3 is 12.1 Å². The highest BCUT2D eigenvalue weighted by atomic mass is 127. The van der Waals surface area contributed by atoms with Gasteiger partial charge in [0.25, 0.3) is 0 Å². The molecule has 7 nitrogen and oxygen atoms in total. The first-order valence-electron chi connectivity index (χ1n) is 11.7. The molecule has 0 fully saturated rings. The summed E-state index contributed by atoms with van der Waals surface area (Å²) in [5.74, 6) is 1.00. The lowest BCUT2D eigenvalue weighted by atomic mass is 10.2. The minimum Gasteiger partial charge on any atom is -0.508 e. The summed E-state index contributed by atoms with van der Waals surface area (Å²) in [5.41, 5.74) is -0.815. The van der Waals surface area contributed by atoms with Crippen molar-refractivity contribution in [1.29, 1.82) is 0 Å². The number of alkyl halides is 1. The second-order valence-corrected chi connectivity index (χ2v) is 12.9. The quantitative estimate of drug-likeness (QED) is 0.129. The van der Waals surface area contributed by atoms with Crippen LogP contribution in [0.2, 0.25) is 0 Å². The number of hydrogen-bond donors (Lipinski definition) is 2. The van der Waals surface area contributed by atoms with Crippen molar-refractivity contribution in [2.45, 2.75) is 65.6 Å². The van der Waals surface area contributed by atoms with E-state index in [2.05, 4.69) is 66.4 Å². The fraction of sp³-hybridized carbons (Fsp3) is 0.481. The van der Waals surface area contributed by atoms with E-state index < -0.39 is 11.7 Å². The summed E-state index contributed by atoms with van der Waals surface area (Å²) in [6.07, 6.45) is 0.922. The lowest BCUT2D eigenvalue weighted by Crippen LogP contribution is -2.34. The molecule has 2 aromatic rings. The first-order chi connectivity index (χ1) is 17.1. The Morgan fingerprint density at radius 2 is 1.35 bits per heavy atom. The Bertz CT molecular complexity index is 889. The van der Waals surface area contributed by atoms with Gasteiger partial charge in [0.05, 0.1) is 6.54 Å². The van der Waals surface area contributed by atoms with Crippen molar-refractivity contribution in [3.05, 3.63) is 55.7 Å². The van der Waals surface area contributed by atoms with Gasteiger partial charge in [-0.1, -0.05) is 15.9 Å². The van der Waals surface area contributed by atoms with Crippen LogP contribution in [0.4, 0.5) is 4.79 Å². The maximum atomic E-state index is 11.3. The van der Waals surface area contributed by atoms with E-state index in [1.807, 2.05) is 77.9 Å². The molecule has 2 N–H and O–H groups in total. The Labute approximate surface area is 256 Å². The Hall–Kier alpha value is -1.28. The number of hydrogen-bond acceptors (Lipinski definition) is 6. The fourth-order valence-electron chi connectivity index (χ4n) is 2.21. The van der Waals surface area contributed by atoms with Crippen LogP contribution >= 0.6 is 61.1 Å². The minimum atomic E-state index is -0.471.